The molecule has 5 nitrogen and oxygen atoms in total. The molecule has 16 heavy (non-hydrogen) atoms. The SMILES string of the molecule is CNC(=O)CONC(=O)c1cccc(Cl)c1. The van der Waals surface area contributed by atoms with Crippen molar-refractivity contribution in [2.45, 2.75) is 0 Å². The number of carbonyl (C=O) groups is 2. The van der Waals surface area contributed by atoms with E-state index < -0.39 is 5.91 Å². The Labute approximate surface area is 97.7 Å². The van der Waals surface area contributed by atoms with Gasteiger partial charge < -0.3 is 5.32 Å². The van der Waals surface area contributed by atoms with Gasteiger partial charge in [0.25, 0.3) is 5.91 Å². The van der Waals surface area contributed by atoms with E-state index in [0.717, 1.165) is 0 Å². The summed E-state index contributed by atoms with van der Waals surface area (Å²) in [7, 11) is 1.48. The Morgan fingerprint density at radius 3 is 2.81 bits per heavy atom. The molecule has 2 N–H and O–H groups in total. The number of rotatable bonds is 4. The zero-order valence-electron chi connectivity index (χ0n) is 8.62. The Hall–Kier alpha value is -1.59. The first-order valence-corrected chi connectivity index (χ1v) is 4.89. The van der Waals surface area contributed by atoms with Crippen LogP contribution in [0.15, 0.2) is 24.3 Å². The van der Waals surface area contributed by atoms with Gasteiger partial charge >= 0.3 is 0 Å². The highest BCUT2D eigenvalue weighted by atomic mass is 35.5. The smallest absolute Gasteiger partial charge is 0.274 e. The molecule has 0 bridgehead atoms. The molecule has 1 rings (SSSR count). The van der Waals surface area contributed by atoms with Crippen molar-refractivity contribution in [2.75, 3.05) is 13.7 Å². The lowest BCUT2D eigenvalue weighted by molar-refractivity contribution is -0.126. The van der Waals surface area contributed by atoms with Crippen molar-refractivity contribution in [3.63, 3.8) is 0 Å². The van der Waals surface area contributed by atoms with Gasteiger partial charge in [0.05, 0.1) is 0 Å². The molecule has 0 unspecified atom stereocenters. The van der Waals surface area contributed by atoms with Gasteiger partial charge in [-0.2, -0.15) is 0 Å². The summed E-state index contributed by atoms with van der Waals surface area (Å²) < 4.78 is 0. The number of hydrogen-bond donors (Lipinski definition) is 2. The fourth-order valence-electron chi connectivity index (χ4n) is 0.928. The highest BCUT2D eigenvalue weighted by Crippen LogP contribution is 2.10. The van der Waals surface area contributed by atoms with E-state index in [1.165, 1.54) is 13.1 Å². The zero-order chi connectivity index (χ0) is 12.0. The first-order valence-electron chi connectivity index (χ1n) is 4.51. The molecule has 0 heterocycles. The van der Waals surface area contributed by atoms with Gasteiger partial charge in [-0.3, -0.25) is 14.4 Å². The van der Waals surface area contributed by atoms with E-state index in [2.05, 4.69) is 15.6 Å². The standard InChI is InChI=1S/C10H11ClN2O3/c1-12-9(14)6-16-13-10(15)7-3-2-4-8(11)5-7/h2-5H,6H2,1H3,(H,12,14)(H,13,15). The number of carbonyl (C=O) groups excluding carboxylic acids is 2. The molecule has 0 aromatic heterocycles. The molecule has 0 atom stereocenters. The molecular formula is C10H11ClN2O3. The van der Waals surface area contributed by atoms with Crippen LogP contribution in [0, 0.1) is 0 Å². The third-order valence-corrected chi connectivity index (χ3v) is 1.97. The molecule has 2 amide bonds. The molecule has 0 aliphatic rings. The van der Waals surface area contributed by atoms with Crippen LogP contribution in [0.2, 0.25) is 5.02 Å². The van der Waals surface area contributed by atoms with Crippen molar-refractivity contribution in [3.8, 4) is 0 Å². The second kappa shape index (κ2) is 6.09. The van der Waals surface area contributed by atoms with Gasteiger partial charge in [-0.25, -0.2) is 5.48 Å². The first-order chi connectivity index (χ1) is 7.63. The first kappa shape index (κ1) is 12.5. The van der Waals surface area contributed by atoms with Crippen molar-refractivity contribution < 1.29 is 14.4 Å². The Morgan fingerprint density at radius 2 is 2.19 bits per heavy atom. The highest BCUT2D eigenvalue weighted by Gasteiger charge is 2.06. The molecule has 1 aromatic rings. The lowest BCUT2D eigenvalue weighted by atomic mass is 10.2. The number of nitrogens with one attached hydrogen (secondary N) is 2. The minimum atomic E-state index is -0.452. The Morgan fingerprint density at radius 1 is 1.44 bits per heavy atom. The number of benzene rings is 1. The monoisotopic (exact) mass is 242 g/mol. The maximum absolute atomic E-state index is 11.4. The van der Waals surface area contributed by atoms with Gasteiger partial charge in [0.1, 0.15) is 0 Å². The van der Waals surface area contributed by atoms with Gasteiger partial charge in [0, 0.05) is 17.6 Å². The second-order valence-corrected chi connectivity index (χ2v) is 3.34. The van der Waals surface area contributed by atoms with Crippen LogP contribution < -0.4 is 10.8 Å². The van der Waals surface area contributed by atoms with Crippen LogP contribution in [-0.4, -0.2) is 25.5 Å². The molecule has 0 spiro atoms. The summed E-state index contributed by atoms with van der Waals surface area (Å²) >= 11 is 5.71. The third-order valence-electron chi connectivity index (χ3n) is 1.73. The Kier molecular flexibility index (Phi) is 4.75. The Balaban J connectivity index is 2.44. The number of hydrogen-bond acceptors (Lipinski definition) is 3. The number of halogens is 1. The van der Waals surface area contributed by atoms with Gasteiger partial charge in [-0.1, -0.05) is 17.7 Å². The van der Waals surface area contributed by atoms with Crippen LogP contribution in [0.1, 0.15) is 10.4 Å². The highest BCUT2D eigenvalue weighted by molar-refractivity contribution is 6.30. The average Bonchev–Trinajstić information content (AvgIpc) is 2.28. The lowest BCUT2D eigenvalue weighted by Crippen LogP contribution is -2.31. The van der Waals surface area contributed by atoms with E-state index in [4.69, 9.17) is 11.6 Å². The average molecular weight is 243 g/mol. The van der Waals surface area contributed by atoms with Gasteiger partial charge in [0.2, 0.25) is 5.91 Å². The molecule has 86 valence electrons. The van der Waals surface area contributed by atoms with Gasteiger partial charge in [-0.15, -0.1) is 0 Å². The second-order valence-electron chi connectivity index (χ2n) is 2.90. The molecular weight excluding hydrogens is 232 g/mol. The van der Waals surface area contributed by atoms with E-state index >= 15 is 0 Å². The van der Waals surface area contributed by atoms with Crippen LogP contribution in [-0.2, 0) is 9.63 Å². The summed E-state index contributed by atoms with van der Waals surface area (Å²) in [5.74, 6) is -0.780. The van der Waals surface area contributed by atoms with Crippen molar-refractivity contribution in [3.05, 3.63) is 34.9 Å². The fourth-order valence-corrected chi connectivity index (χ4v) is 1.12. The van der Waals surface area contributed by atoms with Crippen LogP contribution in [0.3, 0.4) is 0 Å². The van der Waals surface area contributed by atoms with E-state index in [9.17, 15) is 9.59 Å². The van der Waals surface area contributed by atoms with Crippen molar-refractivity contribution in [1.29, 1.82) is 0 Å². The predicted octanol–water partition coefficient (Wildman–Crippen LogP) is 0.747. The van der Waals surface area contributed by atoms with Crippen molar-refractivity contribution >= 4 is 23.4 Å². The summed E-state index contributed by atoms with van der Waals surface area (Å²) in [6.07, 6.45) is 0. The van der Waals surface area contributed by atoms with Crippen LogP contribution >= 0.6 is 11.6 Å². The van der Waals surface area contributed by atoms with Gasteiger partial charge in [0.15, 0.2) is 6.61 Å². The quantitative estimate of drug-likeness (QED) is 0.766. The fraction of sp³-hybridized carbons (Fsp3) is 0.200. The van der Waals surface area contributed by atoms with Crippen LogP contribution in [0.25, 0.3) is 0 Å². The van der Waals surface area contributed by atoms with Crippen molar-refractivity contribution in [1.82, 2.24) is 10.8 Å². The summed E-state index contributed by atoms with van der Waals surface area (Å²) in [5.41, 5.74) is 2.50. The number of amides is 2. The normalized spacial score (nSPS) is 9.62. The van der Waals surface area contributed by atoms with Crippen LogP contribution in [0.4, 0.5) is 0 Å². The van der Waals surface area contributed by atoms with Gasteiger partial charge in [-0.05, 0) is 18.2 Å². The molecule has 0 saturated heterocycles. The summed E-state index contributed by atoms with van der Waals surface area (Å²) in [6, 6.07) is 6.39. The molecule has 0 fully saturated rings. The van der Waals surface area contributed by atoms with E-state index in [1.54, 1.807) is 18.2 Å². The van der Waals surface area contributed by atoms with E-state index in [0.29, 0.717) is 10.6 Å². The maximum atomic E-state index is 11.4. The summed E-state index contributed by atoms with van der Waals surface area (Å²) in [5, 5.41) is 2.81. The topological polar surface area (TPSA) is 67.4 Å². The zero-order valence-corrected chi connectivity index (χ0v) is 9.38. The molecule has 0 saturated carbocycles. The molecule has 0 aliphatic carbocycles. The number of hydroxylamine groups is 1. The molecule has 0 aliphatic heterocycles. The van der Waals surface area contributed by atoms with E-state index in [1.807, 2.05) is 0 Å². The molecule has 0 radical (unpaired) electrons. The largest absolute Gasteiger partial charge is 0.357 e. The molecule has 6 heteroatoms. The van der Waals surface area contributed by atoms with Crippen LogP contribution in [0.5, 0.6) is 0 Å². The minimum absolute atomic E-state index is 0.233. The Bertz CT molecular complexity index is 395. The molecule has 1 aromatic carbocycles. The summed E-state index contributed by atoms with van der Waals surface area (Å²) in [4.78, 5) is 26.9. The van der Waals surface area contributed by atoms with Crippen molar-refractivity contribution in [2.24, 2.45) is 0 Å². The number of likely N-dealkylation sites (N-methyl/N-ethyl adjacent to an activating group) is 1. The maximum Gasteiger partial charge on any atom is 0.274 e. The lowest BCUT2D eigenvalue weighted by Gasteiger charge is -2.05. The summed E-state index contributed by atoms with van der Waals surface area (Å²) in [6.45, 7) is -0.233. The van der Waals surface area contributed by atoms with E-state index in [-0.39, 0.29) is 12.5 Å². The minimum Gasteiger partial charge on any atom is -0.357 e. The third kappa shape index (κ3) is 3.88. The predicted molar refractivity (Wildman–Crippen MR) is 58.9 cm³/mol.